The van der Waals surface area contributed by atoms with Crippen LogP contribution < -0.4 is 4.90 Å². The standard InChI is InChI=1S/C22H23FN4O2S/c1-15-11-20(30-21(15)19(28)8-7-18-13-25(2)14-24-18)27-10-9-26(22(27)29)12-16-3-5-17(23)6-4-16/h3-6,11,13-14H,7-10,12H2,1-2H3. The second-order valence-electron chi connectivity index (χ2n) is 7.53. The van der Waals surface area contributed by atoms with Crippen molar-refractivity contribution in [2.75, 3.05) is 18.0 Å². The third-order valence-corrected chi connectivity index (χ3v) is 6.47. The number of halogens is 1. The van der Waals surface area contributed by atoms with Gasteiger partial charge >= 0.3 is 6.03 Å². The molecule has 8 heteroatoms. The first-order chi connectivity index (χ1) is 14.4. The highest BCUT2D eigenvalue weighted by Gasteiger charge is 2.31. The molecule has 0 N–H and O–H groups in total. The molecule has 0 unspecified atom stereocenters. The Balaban J connectivity index is 1.41. The number of urea groups is 1. The second kappa shape index (κ2) is 8.39. The van der Waals surface area contributed by atoms with Crippen molar-refractivity contribution in [1.29, 1.82) is 0 Å². The fourth-order valence-corrected chi connectivity index (χ4v) is 4.73. The molecule has 0 saturated carbocycles. The third kappa shape index (κ3) is 4.28. The maximum Gasteiger partial charge on any atom is 0.325 e. The molecule has 156 valence electrons. The van der Waals surface area contributed by atoms with Crippen LogP contribution in [0.4, 0.5) is 14.2 Å². The lowest BCUT2D eigenvalue weighted by molar-refractivity contribution is 0.0986. The zero-order chi connectivity index (χ0) is 21.3. The number of aryl methyl sites for hydroxylation is 3. The molecule has 1 saturated heterocycles. The minimum Gasteiger partial charge on any atom is -0.340 e. The van der Waals surface area contributed by atoms with Gasteiger partial charge in [-0.1, -0.05) is 12.1 Å². The number of anilines is 1. The summed E-state index contributed by atoms with van der Waals surface area (Å²) in [4.78, 5) is 34.0. The summed E-state index contributed by atoms with van der Waals surface area (Å²) in [5.74, 6) is -0.216. The first-order valence-corrected chi connectivity index (χ1v) is 10.6. The summed E-state index contributed by atoms with van der Waals surface area (Å²) in [6.45, 7) is 3.51. The van der Waals surface area contributed by atoms with Crippen LogP contribution in [0, 0.1) is 12.7 Å². The summed E-state index contributed by atoms with van der Waals surface area (Å²) >= 11 is 1.37. The van der Waals surface area contributed by atoms with Crippen LogP contribution in [0.1, 0.15) is 32.9 Å². The van der Waals surface area contributed by atoms with Crippen molar-refractivity contribution in [1.82, 2.24) is 14.5 Å². The Morgan fingerprint density at radius 2 is 2.00 bits per heavy atom. The molecule has 0 bridgehead atoms. The van der Waals surface area contributed by atoms with Gasteiger partial charge in [0.1, 0.15) is 5.82 Å². The van der Waals surface area contributed by atoms with Crippen LogP contribution >= 0.6 is 11.3 Å². The molecule has 4 rings (SSSR count). The van der Waals surface area contributed by atoms with E-state index >= 15 is 0 Å². The monoisotopic (exact) mass is 426 g/mol. The molecule has 0 radical (unpaired) electrons. The van der Waals surface area contributed by atoms with Gasteiger partial charge in [0.2, 0.25) is 0 Å². The van der Waals surface area contributed by atoms with Gasteiger partial charge in [0.25, 0.3) is 0 Å². The number of carbonyl (C=O) groups is 2. The first kappa shape index (κ1) is 20.3. The third-order valence-electron chi connectivity index (χ3n) is 5.17. The van der Waals surface area contributed by atoms with E-state index in [2.05, 4.69) is 4.98 Å². The van der Waals surface area contributed by atoms with Crippen molar-refractivity contribution in [3.63, 3.8) is 0 Å². The molecule has 3 aromatic rings. The molecule has 0 aliphatic carbocycles. The average molecular weight is 427 g/mol. The number of carbonyl (C=O) groups excluding carboxylic acids is 2. The van der Waals surface area contributed by atoms with E-state index in [4.69, 9.17) is 0 Å². The minimum atomic E-state index is -0.289. The lowest BCUT2D eigenvalue weighted by Gasteiger charge is -2.17. The van der Waals surface area contributed by atoms with Gasteiger partial charge in [-0.15, -0.1) is 11.3 Å². The van der Waals surface area contributed by atoms with E-state index < -0.39 is 0 Å². The maximum absolute atomic E-state index is 13.1. The Kier molecular flexibility index (Phi) is 5.67. The quantitative estimate of drug-likeness (QED) is 0.533. The highest BCUT2D eigenvalue weighted by Crippen LogP contribution is 2.33. The summed E-state index contributed by atoms with van der Waals surface area (Å²) in [7, 11) is 1.90. The van der Waals surface area contributed by atoms with Crippen LogP contribution in [0.25, 0.3) is 0 Å². The highest BCUT2D eigenvalue weighted by atomic mass is 32.1. The number of nitrogens with zero attached hydrogens (tertiary/aromatic N) is 4. The molecule has 6 nitrogen and oxygen atoms in total. The number of hydrogen-bond acceptors (Lipinski definition) is 4. The van der Waals surface area contributed by atoms with Crippen LogP contribution in [0.2, 0.25) is 0 Å². The smallest absolute Gasteiger partial charge is 0.325 e. The normalized spacial score (nSPS) is 14.0. The molecule has 1 aliphatic heterocycles. The predicted octanol–water partition coefficient (Wildman–Crippen LogP) is 4.19. The summed E-state index contributed by atoms with van der Waals surface area (Å²) in [6, 6.07) is 8.02. The zero-order valence-electron chi connectivity index (χ0n) is 17.0. The fourth-order valence-electron chi connectivity index (χ4n) is 3.57. The number of ketones is 1. The summed E-state index contributed by atoms with van der Waals surface area (Å²) in [5.41, 5.74) is 2.68. The number of Topliss-reactive ketones (excluding diaryl/α,β-unsaturated/α-hetero) is 1. The lowest BCUT2D eigenvalue weighted by Crippen LogP contribution is -2.30. The van der Waals surface area contributed by atoms with Gasteiger partial charge in [0.05, 0.1) is 21.9 Å². The topological polar surface area (TPSA) is 58.4 Å². The van der Waals surface area contributed by atoms with Crippen LogP contribution in [-0.4, -0.2) is 39.4 Å². The van der Waals surface area contributed by atoms with Crippen LogP contribution in [0.15, 0.2) is 42.9 Å². The summed E-state index contributed by atoms with van der Waals surface area (Å²) in [6.07, 6.45) is 4.63. The van der Waals surface area contributed by atoms with Crippen molar-refractivity contribution in [2.45, 2.75) is 26.3 Å². The van der Waals surface area contributed by atoms with E-state index in [1.165, 1.54) is 23.5 Å². The van der Waals surface area contributed by atoms with Gasteiger partial charge in [-0.05, 0) is 42.7 Å². The van der Waals surface area contributed by atoms with Crippen molar-refractivity contribution < 1.29 is 14.0 Å². The number of rotatable bonds is 7. The first-order valence-electron chi connectivity index (χ1n) is 9.82. The second-order valence-corrected chi connectivity index (χ2v) is 8.56. The highest BCUT2D eigenvalue weighted by molar-refractivity contribution is 7.18. The molecule has 0 spiro atoms. The number of hydrogen-bond donors (Lipinski definition) is 0. The SMILES string of the molecule is Cc1cc(N2CCN(Cc3ccc(F)cc3)C2=O)sc1C(=O)CCc1cn(C)cn1. The van der Waals surface area contributed by atoms with Crippen LogP contribution in [-0.2, 0) is 20.0 Å². The molecule has 1 fully saturated rings. The van der Waals surface area contributed by atoms with Gasteiger partial charge in [-0.3, -0.25) is 9.69 Å². The van der Waals surface area contributed by atoms with Crippen molar-refractivity contribution in [3.05, 3.63) is 70.4 Å². The van der Waals surface area contributed by atoms with E-state index in [0.717, 1.165) is 21.8 Å². The van der Waals surface area contributed by atoms with Crippen molar-refractivity contribution >= 4 is 28.2 Å². The molecule has 2 amide bonds. The predicted molar refractivity (Wildman–Crippen MR) is 114 cm³/mol. The Bertz CT molecular complexity index is 1070. The Morgan fingerprint density at radius 1 is 1.23 bits per heavy atom. The molecule has 2 aromatic heterocycles. The van der Waals surface area contributed by atoms with Gasteiger partial charge < -0.3 is 9.47 Å². The largest absolute Gasteiger partial charge is 0.340 e. The molecule has 30 heavy (non-hydrogen) atoms. The number of aromatic nitrogens is 2. The molecule has 3 heterocycles. The van der Waals surface area contributed by atoms with Crippen molar-refractivity contribution in [3.8, 4) is 0 Å². The summed E-state index contributed by atoms with van der Waals surface area (Å²) in [5, 5.41) is 0.792. The average Bonchev–Trinajstić information content (AvgIpc) is 3.41. The number of benzene rings is 1. The van der Waals surface area contributed by atoms with Crippen LogP contribution in [0.5, 0.6) is 0 Å². The van der Waals surface area contributed by atoms with E-state index in [9.17, 15) is 14.0 Å². The Morgan fingerprint density at radius 3 is 2.70 bits per heavy atom. The maximum atomic E-state index is 13.1. The van der Waals surface area contributed by atoms with E-state index in [1.807, 2.05) is 30.8 Å². The summed E-state index contributed by atoms with van der Waals surface area (Å²) < 4.78 is 15.0. The molecule has 0 atom stereocenters. The Hall–Kier alpha value is -3.00. The molecule has 1 aromatic carbocycles. The van der Waals surface area contributed by atoms with Gasteiger partial charge in [0, 0.05) is 39.3 Å². The van der Waals surface area contributed by atoms with Gasteiger partial charge in [-0.25, -0.2) is 14.2 Å². The van der Waals surface area contributed by atoms with E-state index in [0.29, 0.717) is 37.4 Å². The molecular weight excluding hydrogens is 403 g/mol. The van der Waals surface area contributed by atoms with E-state index in [-0.39, 0.29) is 17.6 Å². The fraction of sp³-hybridized carbons (Fsp3) is 0.318. The van der Waals surface area contributed by atoms with Crippen LogP contribution in [0.3, 0.4) is 0 Å². The van der Waals surface area contributed by atoms with Crippen molar-refractivity contribution in [2.24, 2.45) is 7.05 Å². The number of imidazole rings is 1. The lowest BCUT2D eigenvalue weighted by atomic mass is 10.1. The number of thiophene rings is 1. The van der Waals surface area contributed by atoms with Gasteiger partial charge in [0.15, 0.2) is 5.78 Å². The molecular formula is C22H23FN4O2S. The Labute approximate surface area is 178 Å². The van der Waals surface area contributed by atoms with Gasteiger partial charge in [-0.2, -0.15) is 0 Å². The molecule has 1 aliphatic rings. The minimum absolute atomic E-state index is 0.0733. The van der Waals surface area contributed by atoms with E-state index in [1.54, 1.807) is 28.3 Å². The zero-order valence-corrected chi connectivity index (χ0v) is 17.8. The number of amides is 2.